The topological polar surface area (TPSA) is 64.6 Å². The van der Waals surface area contributed by atoms with E-state index in [1.807, 2.05) is 30.3 Å². The number of para-hydroxylation sites is 1. The number of rotatable bonds is 8. The Balaban J connectivity index is 1.75. The smallest absolute Gasteiger partial charge is 0.349 e. The van der Waals surface area contributed by atoms with Gasteiger partial charge < -0.3 is 14.8 Å². The fourth-order valence-electron chi connectivity index (χ4n) is 2.77. The summed E-state index contributed by atoms with van der Waals surface area (Å²) < 4.78 is 10.9. The van der Waals surface area contributed by atoms with Crippen LogP contribution in [0.5, 0.6) is 5.75 Å². The molecule has 0 aliphatic carbocycles. The number of thiophene rings is 1. The van der Waals surface area contributed by atoms with Gasteiger partial charge in [-0.1, -0.05) is 54.6 Å². The van der Waals surface area contributed by atoms with Crippen LogP contribution in [0.25, 0.3) is 0 Å². The molecule has 0 aliphatic rings. The van der Waals surface area contributed by atoms with Crippen LogP contribution < -0.4 is 10.1 Å². The van der Waals surface area contributed by atoms with Crippen molar-refractivity contribution in [2.24, 2.45) is 0 Å². The molecule has 0 aliphatic heterocycles. The van der Waals surface area contributed by atoms with Crippen LogP contribution in [0.2, 0.25) is 0 Å². The van der Waals surface area contributed by atoms with Crippen molar-refractivity contribution in [1.82, 2.24) is 5.32 Å². The maximum atomic E-state index is 12.9. The third kappa shape index (κ3) is 4.98. The minimum atomic E-state index is -1.10. The molecule has 3 rings (SSSR count). The summed E-state index contributed by atoms with van der Waals surface area (Å²) in [7, 11) is 1.52. The Labute approximate surface area is 167 Å². The molecular formula is C22H21NO4S. The molecular weight excluding hydrogens is 374 g/mol. The molecule has 0 saturated carbocycles. The highest BCUT2D eigenvalue weighted by Gasteiger charge is 2.28. The molecule has 0 radical (unpaired) electrons. The molecule has 1 aromatic heterocycles. The molecule has 0 fully saturated rings. The van der Waals surface area contributed by atoms with Crippen LogP contribution >= 0.6 is 11.3 Å². The fraction of sp³-hybridized carbons (Fsp3) is 0.182. The Hall–Kier alpha value is -3.12. The van der Waals surface area contributed by atoms with Crippen LogP contribution in [0.15, 0.2) is 72.1 Å². The number of hydrogen-bond acceptors (Lipinski definition) is 5. The molecule has 1 heterocycles. The predicted molar refractivity (Wildman–Crippen MR) is 109 cm³/mol. The second kappa shape index (κ2) is 9.71. The third-order valence-electron chi connectivity index (χ3n) is 4.16. The molecule has 3 aromatic rings. The average Bonchev–Trinajstić information content (AvgIpc) is 3.27. The summed E-state index contributed by atoms with van der Waals surface area (Å²) >= 11 is 1.27. The zero-order chi connectivity index (χ0) is 19.8. The maximum absolute atomic E-state index is 12.9. The number of nitrogens with one attached hydrogen (secondary N) is 1. The lowest BCUT2D eigenvalue weighted by Crippen LogP contribution is -2.33. The van der Waals surface area contributed by atoms with Crippen LogP contribution in [-0.2, 0) is 16.0 Å². The average molecular weight is 395 g/mol. The Bertz CT molecular complexity index is 909. The van der Waals surface area contributed by atoms with E-state index in [9.17, 15) is 9.59 Å². The highest BCUT2D eigenvalue weighted by molar-refractivity contribution is 7.11. The van der Waals surface area contributed by atoms with Crippen molar-refractivity contribution >= 4 is 23.2 Å². The summed E-state index contributed by atoms with van der Waals surface area (Å²) in [6.45, 7) is 0.436. The van der Waals surface area contributed by atoms with Gasteiger partial charge in [0.25, 0.3) is 5.91 Å². The van der Waals surface area contributed by atoms with Gasteiger partial charge >= 0.3 is 5.97 Å². The number of amides is 1. The van der Waals surface area contributed by atoms with Gasteiger partial charge in [-0.05, 0) is 29.5 Å². The molecule has 1 N–H and O–H groups in total. The zero-order valence-electron chi connectivity index (χ0n) is 15.5. The summed E-state index contributed by atoms with van der Waals surface area (Å²) in [4.78, 5) is 25.8. The first-order valence-electron chi connectivity index (χ1n) is 8.88. The van der Waals surface area contributed by atoms with Crippen molar-refractivity contribution < 1.29 is 19.1 Å². The van der Waals surface area contributed by atoms with E-state index in [-0.39, 0.29) is 5.91 Å². The molecule has 144 valence electrons. The highest BCUT2D eigenvalue weighted by atomic mass is 32.1. The van der Waals surface area contributed by atoms with Crippen LogP contribution in [-0.4, -0.2) is 25.5 Å². The van der Waals surface area contributed by atoms with Gasteiger partial charge in [-0.15, -0.1) is 11.3 Å². The summed E-state index contributed by atoms with van der Waals surface area (Å²) in [6.07, 6.45) is -0.411. The molecule has 1 amide bonds. The van der Waals surface area contributed by atoms with Crippen molar-refractivity contribution in [1.29, 1.82) is 0 Å². The van der Waals surface area contributed by atoms with E-state index in [4.69, 9.17) is 9.47 Å². The highest BCUT2D eigenvalue weighted by Crippen LogP contribution is 2.29. The normalized spacial score (nSPS) is 11.5. The van der Waals surface area contributed by atoms with E-state index in [2.05, 4.69) is 5.32 Å². The van der Waals surface area contributed by atoms with E-state index in [0.717, 1.165) is 5.56 Å². The first kappa shape index (κ1) is 19.6. The predicted octanol–water partition coefficient (Wildman–Crippen LogP) is 4.01. The fourth-order valence-corrected chi connectivity index (χ4v) is 3.37. The first-order valence-corrected chi connectivity index (χ1v) is 9.76. The first-order chi connectivity index (χ1) is 13.7. The Kier molecular flexibility index (Phi) is 6.81. The van der Waals surface area contributed by atoms with Crippen LogP contribution in [0.3, 0.4) is 0 Å². The van der Waals surface area contributed by atoms with E-state index in [0.29, 0.717) is 29.2 Å². The van der Waals surface area contributed by atoms with Gasteiger partial charge in [0.2, 0.25) is 6.10 Å². The van der Waals surface area contributed by atoms with Crippen LogP contribution in [0.1, 0.15) is 26.9 Å². The number of carbonyl (C=O) groups is 2. The minimum Gasteiger partial charge on any atom is -0.496 e. The zero-order valence-corrected chi connectivity index (χ0v) is 16.3. The number of hydrogen-bond donors (Lipinski definition) is 1. The Morgan fingerprint density at radius 1 is 1.00 bits per heavy atom. The molecule has 28 heavy (non-hydrogen) atoms. The van der Waals surface area contributed by atoms with Gasteiger partial charge in [-0.3, -0.25) is 4.79 Å². The summed E-state index contributed by atoms with van der Waals surface area (Å²) in [6, 6.07) is 20.3. The summed E-state index contributed by atoms with van der Waals surface area (Å²) in [5.74, 6) is -0.431. The third-order valence-corrected chi connectivity index (χ3v) is 5.01. The monoisotopic (exact) mass is 395 g/mol. The standard InChI is InChI=1S/C22H21NO4S/c1-26-18-11-6-5-10-17(18)20(27-22(25)19-12-7-15-28-19)21(24)23-14-13-16-8-3-2-4-9-16/h2-12,15,20H,13-14H2,1H3,(H,23,24)/t20-/m1/s1. The second-order valence-corrected chi connectivity index (χ2v) is 6.98. The van der Waals surface area contributed by atoms with Gasteiger partial charge in [0.15, 0.2) is 0 Å². The van der Waals surface area contributed by atoms with Crippen molar-refractivity contribution in [3.63, 3.8) is 0 Å². The number of benzene rings is 2. The van der Waals surface area contributed by atoms with Crippen molar-refractivity contribution in [3.8, 4) is 5.75 Å². The van der Waals surface area contributed by atoms with Gasteiger partial charge in [-0.25, -0.2) is 4.79 Å². The molecule has 0 unspecified atom stereocenters. The lowest BCUT2D eigenvalue weighted by Gasteiger charge is -2.19. The molecule has 6 heteroatoms. The molecule has 2 aromatic carbocycles. The number of carbonyl (C=O) groups excluding carboxylic acids is 2. The number of methoxy groups -OCH3 is 1. The largest absolute Gasteiger partial charge is 0.496 e. The number of ether oxygens (including phenoxy) is 2. The molecule has 5 nitrogen and oxygen atoms in total. The Morgan fingerprint density at radius 3 is 2.46 bits per heavy atom. The van der Waals surface area contributed by atoms with Gasteiger partial charge in [0.1, 0.15) is 10.6 Å². The van der Waals surface area contributed by atoms with Gasteiger partial charge in [0.05, 0.1) is 7.11 Å². The van der Waals surface area contributed by atoms with Crippen molar-refractivity contribution in [3.05, 3.63) is 88.1 Å². The number of esters is 1. The molecule has 0 saturated heterocycles. The van der Waals surface area contributed by atoms with E-state index in [1.165, 1.54) is 18.4 Å². The van der Waals surface area contributed by atoms with Crippen LogP contribution in [0, 0.1) is 0 Å². The van der Waals surface area contributed by atoms with Crippen molar-refractivity contribution in [2.45, 2.75) is 12.5 Å². The summed E-state index contributed by atoms with van der Waals surface area (Å²) in [5.41, 5.74) is 1.62. The van der Waals surface area contributed by atoms with Gasteiger partial charge in [0, 0.05) is 12.1 Å². The minimum absolute atomic E-state index is 0.384. The molecule has 0 spiro atoms. The van der Waals surface area contributed by atoms with E-state index in [1.54, 1.807) is 41.8 Å². The van der Waals surface area contributed by atoms with Gasteiger partial charge in [-0.2, -0.15) is 0 Å². The maximum Gasteiger partial charge on any atom is 0.349 e. The molecule has 0 bridgehead atoms. The second-order valence-electron chi connectivity index (χ2n) is 6.03. The van der Waals surface area contributed by atoms with E-state index < -0.39 is 12.1 Å². The van der Waals surface area contributed by atoms with Crippen molar-refractivity contribution in [2.75, 3.05) is 13.7 Å². The quantitative estimate of drug-likeness (QED) is 0.585. The molecule has 1 atom stereocenters. The van der Waals surface area contributed by atoms with Crippen LogP contribution in [0.4, 0.5) is 0 Å². The Morgan fingerprint density at radius 2 is 1.75 bits per heavy atom. The SMILES string of the molecule is COc1ccccc1[C@@H](OC(=O)c1cccs1)C(=O)NCCc1ccccc1. The lowest BCUT2D eigenvalue weighted by atomic mass is 10.1. The van der Waals surface area contributed by atoms with E-state index >= 15 is 0 Å². The lowest BCUT2D eigenvalue weighted by molar-refractivity contribution is -0.130. The summed E-state index contributed by atoms with van der Waals surface area (Å²) in [5, 5.41) is 4.65.